The van der Waals surface area contributed by atoms with E-state index in [1.807, 2.05) is 0 Å². The van der Waals surface area contributed by atoms with Gasteiger partial charge in [0.15, 0.2) is 0 Å². The Kier molecular flexibility index (Phi) is 4.94. The van der Waals surface area contributed by atoms with Gasteiger partial charge in [0.25, 0.3) is 0 Å². The van der Waals surface area contributed by atoms with Crippen LogP contribution in [0.2, 0.25) is 5.02 Å². The molecule has 1 rings (SSSR count). The Bertz CT molecular complexity index is 673. The molecule has 19 heavy (non-hydrogen) atoms. The molecule has 0 aromatic heterocycles. The molecule has 0 aliphatic heterocycles. The van der Waals surface area contributed by atoms with Gasteiger partial charge in [-0.25, -0.2) is 25.9 Å². The van der Waals surface area contributed by atoms with Gasteiger partial charge in [-0.05, 0) is 25.1 Å². The zero-order valence-electron chi connectivity index (χ0n) is 10.2. The van der Waals surface area contributed by atoms with E-state index >= 15 is 0 Å². The van der Waals surface area contributed by atoms with Gasteiger partial charge in [-0.2, -0.15) is 0 Å². The van der Waals surface area contributed by atoms with Crippen LogP contribution in [0.5, 0.6) is 0 Å². The zero-order valence-corrected chi connectivity index (χ0v) is 12.6. The summed E-state index contributed by atoms with van der Waals surface area (Å²) in [5.74, 6) is -1.00. The van der Waals surface area contributed by atoms with Crippen LogP contribution in [0.25, 0.3) is 0 Å². The van der Waals surface area contributed by atoms with Crippen LogP contribution in [0.3, 0.4) is 0 Å². The van der Waals surface area contributed by atoms with Crippen molar-refractivity contribution in [2.24, 2.45) is 0 Å². The summed E-state index contributed by atoms with van der Waals surface area (Å²) in [6.07, 6.45) is 1.00. The highest BCUT2D eigenvalue weighted by molar-refractivity contribution is 7.91. The molecule has 0 bridgehead atoms. The first kappa shape index (κ1) is 16.4. The number of hydrogen-bond donors (Lipinski definition) is 1. The number of nitrogens with one attached hydrogen (secondary N) is 1. The van der Waals surface area contributed by atoms with E-state index in [2.05, 4.69) is 4.72 Å². The smallest absolute Gasteiger partial charge is 0.229 e. The Balaban J connectivity index is 2.99. The fourth-order valence-electron chi connectivity index (χ4n) is 1.51. The van der Waals surface area contributed by atoms with Crippen LogP contribution < -0.4 is 4.72 Å². The molecule has 0 aliphatic rings. The molecule has 1 aromatic carbocycles. The lowest BCUT2D eigenvalue weighted by atomic mass is 10.3. The van der Waals surface area contributed by atoms with Gasteiger partial charge in [0.1, 0.15) is 20.5 Å². The largest absolute Gasteiger partial charge is 0.242 e. The Morgan fingerprint density at radius 1 is 1.32 bits per heavy atom. The molecule has 108 valence electrons. The van der Waals surface area contributed by atoms with Gasteiger partial charge in [0, 0.05) is 12.3 Å². The van der Waals surface area contributed by atoms with Crippen molar-refractivity contribution < 1.29 is 21.2 Å². The monoisotopic (exact) mass is 329 g/mol. The second-order valence-electron chi connectivity index (χ2n) is 4.19. The summed E-state index contributed by atoms with van der Waals surface area (Å²) in [6.45, 7) is 1.41. The van der Waals surface area contributed by atoms with Crippen LogP contribution in [-0.4, -0.2) is 34.9 Å². The van der Waals surface area contributed by atoms with E-state index in [9.17, 15) is 21.2 Å². The summed E-state index contributed by atoms with van der Waals surface area (Å²) < 4.78 is 61.0. The lowest BCUT2D eigenvalue weighted by Crippen LogP contribution is -2.37. The summed E-state index contributed by atoms with van der Waals surface area (Å²) in [5.41, 5.74) is 0. The summed E-state index contributed by atoms with van der Waals surface area (Å²) in [5, 5.41) is -0.265. The Morgan fingerprint density at radius 2 is 1.89 bits per heavy atom. The Morgan fingerprint density at radius 3 is 2.37 bits per heavy atom. The Labute approximate surface area is 116 Å². The van der Waals surface area contributed by atoms with E-state index < -0.39 is 31.7 Å². The van der Waals surface area contributed by atoms with E-state index in [1.165, 1.54) is 6.92 Å². The highest BCUT2D eigenvalue weighted by Crippen LogP contribution is 2.22. The number of halogens is 2. The molecule has 0 radical (unpaired) electrons. The fraction of sp³-hybridized carbons (Fsp3) is 0.400. The van der Waals surface area contributed by atoms with Crippen LogP contribution in [0.15, 0.2) is 23.1 Å². The van der Waals surface area contributed by atoms with Crippen molar-refractivity contribution in [3.63, 3.8) is 0 Å². The molecule has 1 atom stereocenters. The van der Waals surface area contributed by atoms with Crippen LogP contribution >= 0.6 is 11.6 Å². The van der Waals surface area contributed by atoms with E-state index in [4.69, 9.17) is 11.6 Å². The minimum Gasteiger partial charge on any atom is -0.229 e. The average molecular weight is 330 g/mol. The van der Waals surface area contributed by atoms with Gasteiger partial charge in [-0.3, -0.25) is 0 Å². The van der Waals surface area contributed by atoms with Crippen molar-refractivity contribution in [3.05, 3.63) is 29.0 Å². The van der Waals surface area contributed by atoms with Gasteiger partial charge in [-0.1, -0.05) is 11.6 Å². The lowest BCUT2D eigenvalue weighted by molar-refractivity contribution is 0.564. The molecule has 0 fully saturated rings. The summed E-state index contributed by atoms with van der Waals surface area (Å²) >= 11 is 5.65. The molecule has 0 aliphatic carbocycles. The number of sulfone groups is 1. The van der Waals surface area contributed by atoms with E-state index in [0.29, 0.717) is 0 Å². The maximum atomic E-state index is 12.8. The van der Waals surface area contributed by atoms with Gasteiger partial charge in [0.2, 0.25) is 10.0 Å². The molecule has 0 saturated heterocycles. The molecule has 0 amide bonds. The molecule has 1 aromatic rings. The van der Waals surface area contributed by atoms with Crippen LogP contribution in [-0.2, 0) is 19.9 Å². The van der Waals surface area contributed by atoms with Crippen molar-refractivity contribution in [2.75, 3.05) is 12.0 Å². The van der Waals surface area contributed by atoms with Crippen LogP contribution in [0.1, 0.15) is 6.92 Å². The first-order chi connectivity index (χ1) is 8.51. The second-order valence-corrected chi connectivity index (χ2v) is 8.46. The summed E-state index contributed by atoms with van der Waals surface area (Å²) in [6, 6.07) is 2.03. The molecule has 9 heteroatoms. The van der Waals surface area contributed by atoms with Crippen molar-refractivity contribution in [1.29, 1.82) is 0 Å². The summed E-state index contributed by atoms with van der Waals surface area (Å²) in [4.78, 5) is -0.295. The van der Waals surface area contributed by atoms with E-state index in [0.717, 1.165) is 24.5 Å². The number of benzene rings is 1. The van der Waals surface area contributed by atoms with Gasteiger partial charge < -0.3 is 0 Å². The minimum absolute atomic E-state index is 0.265. The maximum absolute atomic E-state index is 12.8. The molecule has 0 spiro atoms. The predicted octanol–water partition coefficient (Wildman–Crippen LogP) is 1.19. The highest BCUT2D eigenvalue weighted by Gasteiger charge is 2.22. The molecule has 0 heterocycles. The lowest BCUT2D eigenvalue weighted by Gasteiger charge is -2.14. The van der Waals surface area contributed by atoms with Crippen LogP contribution in [0.4, 0.5) is 4.39 Å². The normalized spacial score (nSPS) is 14.3. The highest BCUT2D eigenvalue weighted by atomic mass is 35.5. The van der Waals surface area contributed by atoms with Crippen molar-refractivity contribution in [3.8, 4) is 0 Å². The minimum atomic E-state index is -3.99. The Hall–Kier alpha value is -0.700. The third kappa shape index (κ3) is 5.06. The van der Waals surface area contributed by atoms with Crippen molar-refractivity contribution in [1.82, 2.24) is 4.72 Å². The molecular formula is C10H13ClFNO4S2. The SMILES string of the molecule is C[C@H](CS(C)(=O)=O)NS(=O)(=O)c1ccc(F)cc1Cl. The average Bonchev–Trinajstić information content (AvgIpc) is 2.11. The topological polar surface area (TPSA) is 80.3 Å². The molecule has 1 N–H and O–H groups in total. The van der Waals surface area contributed by atoms with Crippen molar-refractivity contribution >= 4 is 31.5 Å². The summed E-state index contributed by atoms with van der Waals surface area (Å²) in [7, 11) is -7.31. The molecule has 0 unspecified atom stereocenters. The van der Waals surface area contributed by atoms with E-state index in [1.54, 1.807) is 0 Å². The fourth-order valence-corrected chi connectivity index (χ4v) is 4.38. The second kappa shape index (κ2) is 5.74. The van der Waals surface area contributed by atoms with Gasteiger partial charge in [0.05, 0.1) is 10.8 Å². The third-order valence-corrected chi connectivity index (χ3v) is 5.27. The zero-order chi connectivity index (χ0) is 14.8. The molecule has 5 nitrogen and oxygen atoms in total. The number of sulfonamides is 1. The third-order valence-electron chi connectivity index (χ3n) is 2.09. The first-order valence-corrected chi connectivity index (χ1v) is 9.08. The van der Waals surface area contributed by atoms with Crippen LogP contribution in [0, 0.1) is 5.82 Å². The van der Waals surface area contributed by atoms with Crippen molar-refractivity contribution in [2.45, 2.75) is 17.9 Å². The predicted molar refractivity (Wildman–Crippen MR) is 70.9 cm³/mol. The van der Waals surface area contributed by atoms with Gasteiger partial charge >= 0.3 is 0 Å². The quantitative estimate of drug-likeness (QED) is 0.880. The number of rotatable bonds is 5. The van der Waals surface area contributed by atoms with E-state index in [-0.39, 0.29) is 15.7 Å². The molecule has 0 saturated carbocycles. The van der Waals surface area contributed by atoms with Gasteiger partial charge in [-0.15, -0.1) is 0 Å². The standard InChI is InChI=1S/C10H13ClFNO4S2/c1-7(6-18(2,14)15)13-19(16,17)10-4-3-8(12)5-9(10)11/h3-5,7,13H,6H2,1-2H3/t7-/m1/s1. The maximum Gasteiger partial charge on any atom is 0.242 e. The molecular weight excluding hydrogens is 317 g/mol. The first-order valence-electron chi connectivity index (χ1n) is 5.16. The number of hydrogen-bond acceptors (Lipinski definition) is 4.